The lowest BCUT2D eigenvalue weighted by Crippen LogP contribution is -2.06. The fraction of sp³-hybridized carbons (Fsp3) is 0.417. The van der Waals surface area contributed by atoms with E-state index in [9.17, 15) is 9.18 Å². The molecule has 0 aliphatic carbocycles. The van der Waals surface area contributed by atoms with Crippen LogP contribution in [0.3, 0.4) is 0 Å². The number of benzene rings is 1. The molecular formula is C12H15FO. The molecule has 0 aliphatic rings. The van der Waals surface area contributed by atoms with Gasteiger partial charge in [0.1, 0.15) is 12.1 Å². The summed E-state index contributed by atoms with van der Waals surface area (Å²) in [7, 11) is 0. The molecule has 0 amide bonds. The van der Waals surface area contributed by atoms with Gasteiger partial charge in [-0.3, -0.25) is 0 Å². The molecule has 0 radical (unpaired) electrons. The van der Waals surface area contributed by atoms with Crippen molar-refractivity contribution in [2.75, 3.05) is 0 Å². The van der Waals surface area contributed by atoms with Gasteiger partial charge in [0.05, 0.1) is 0 Å². The predicted octanol–water partition coefficient (Wildman–Crippen LogP) is 3.15. The van der Waals surface area contributed by atoms with Crippen molar-refractivity contribution in [1.82, 2.24) is 0 Å². The first-order valence-electron chi connectivity index (χ1n) is 4.85. The summed E-state index contributed by atoms with van der Waals surface area (Å²) in [5, 5.41) is 0. The Balaban J connectivity index is 2.89. The highest BCUT2D eigenvalue weighted by Crippen LogP contribution is 2.23. The molecular weight excluding hydrogens is 179 g/mol. The summed E-state index contributed by atoms with van der Waals surface area (Å²) in [4.78, 5) is 10.8. The maximum atomic E-state index is 13.3. The third kappa shape index (κ3) is 2.66. The Morgan fingerprint density at radius 3 is 2.50 bits per heavy atom. The van der Waals surface area contributed by atoms with Gasteiger partial charge < -0.3 is 4.79 Å². The normalized spacial score (nSPS) is 12.9. The number of rotatable bonds is 4. The van der Waals surface area contributed by atoms with E-state index in [2.05, 4.69) is 0 Å². The third-order valence-corrected chi connectivity index (χ3v) is 2.19. The van der Waals surface area contributed by atoms with Gasteiger partial charge in [-0.15, -0.1) is 0 Å². The monoisotopic (exact) mass is 194 g/mol. The van der Waals surface area contributed by atoms with Crippen molar-refractivity contribution < 1.29 is 9.18 Å². The molecule has 0 bridgehead atoms. The molecule has 0 saturated carbocycles. The van der Waals surface area contributed by atoms with E-state index in [0.29, 0.717) is 17.9 Å². The lowest BCUT2D eigenvalue weighted by Gasteiger charge is -2.13. The summed E-state index contributed by atoms with van der Waals surface area (Å²) in [6.07, 6.45) is 1.53. The average molecular weight is 194 g/mol. The zero-order valence-corrected chi connectivity index (χ0v) is 8.53. The van der Waals surface area contributed by atoms with Crippen LogP contribution in [0.2, 0.25) is 0 Å². The van der Waals surface area contributed by atoms with Crippen LogP contribution in [0.5, 0.6) is 0 Å². The SMILES string of the molecule is CC(C)CC(C=O)c1ccccc1F. The van der Waals surface area contributed by atoms with Crippen molar-refractivity contribution in [2.24, 2.45) is 5.92 Å². The van der Waals surface area contributed by atoms with Crippen LogP contribution in [0.25, 0.3) is 0 Å². The Bertz CT molecular complexity index is 307. The van der Waals surface area contributed by atoms with Crippen molar-refractivity contribution in [3.05, 3.63) is 35.6 Å². The first kappa shape index (κ1) is 10.9. The smallest absolute Gasteiger partial charge is 0.127 e. The molecule has 1 aromatic carbocycles. The Morgan fingerprint density at radius 1 is 1.36 bits per heavy atom. The number of hydrogen-bond acceptors (Lipinski definition) is 1. The van der Waals surface area contributed by atoms with Crippen LogP contribution in [0.4, 0.5) is 4.39 Å². The molecule has 0 aromatic heterocycles. The summed E-state index contributed by atoms with van der Waals surface area (Å²) >= 11 is 0. The number of carbonyl (C=O) groups excluding carboxylic acids is 1. The van der Waals surface area contributed by atoms with Crippen molar-refractivity contribution in [2.45, 2.75) is 26.2 Å². The highest BCUT2D eigenvalue weighted by atomic mass is 19.1. The molecule has 0 fully saturated rings. The number of carbonyl (C=O) groups is 1. The zero-order chi connectivity index (χ0) is 10.6. The quantitative estimate of drug-likeness (QED) is 0.673. The lowest BCUT2D eigenvalue weighted by atomic mass is 9.91. The maximum absolute atomic E-state index is 13.3. The standard InChI is InChI=1S/C12H15FO/c1-9(2)7-10(8-14)11-5-3-4-6-12(11)13/h3-6,8-10H,7H2,1-2H3. The fourth-order valence-corrected chi connectivity index (χ4v) is 1.54. The van der Waals surface area contributed by atoms with Crippen molar-refractivity contribution in [3.8, 4) is 0 Å². The second-order valence-electron chi connectivity index (χ2n) is 3.89. The van der Waals surface area contributed by atoms with E-state index in [0.717, 1.165) is 6.29 Å². The maximum Gasteiger partial charge on any atom is 0.127 e. The van der Waals surface area contributed by atoms with Gasteiger partial charge in [0, 0.05) is 5.92 Å². The second-order valence-corrected chi connectivity index (χ2v) is 3.89. The van der Waals surface area contributed by atoms with Gasteiger partial charge in [-0.2, -0.15) is 0 Å². The van der Waals surface area contributed by atoms with Crippen LogP contribution in [0.1, 0.15) is 31.7 Å². The molecule has 0 heterocycles. The number of hydrogen-bond donors (Lipinski definition) is 0. The Kier molecular flexibility index (Phi) is 3.81. The van der Waals surface area contributed by atoms with Gasteiger partial charge in [0.2, 0.25) is 0 Å². The summed E-state index contributed by atoms with van der Waals surface area (Å²) in [6, 6.07) is 6.47. The largest absolute Gasteiger partial charge is 0.303 e. The molecule has 1 rings (SSSR count). The van der Waals surface area contributed by atoms with Crippen molar-refractivity contribution >= 4 is 6.29 Å². The van der Waals surface area contributed by atoms with Crippen molar-refractivity contribution in [3.63, 3.8) is 0 Å². The van der Waals surface area contributed by atoms with Gasteiger partial charge in [-0.05, 0) is 24.0 Å². The molecule has 0 N–H and O–H groups in total. The highest BCUT2D eigenvalue weighted by molar-refractivity contribution is 5.62. The molecule has 0 spiro atoms. The van der Waals surface area contributed by atoms with E-state index in [1.165, 1.54) is 6.07 Å². The first-order valence-corrected chi connectivity index (χ1v) is 4.85. The molecule has 76 valence electrons. The Hall–Kier alpha value is -1.18. The topological polar surface area (TPSA) is 17.1 Å². The van der Waals surface area contributed by atoms with E-state index in [-0.39, 0.29) is 11.7 Å². The molecule has 1 unspecified atom stereocenters. The second kappa shape index (κ2) is 4.89. The van der Waals surface area contributed by atoms with E-state index in [1.54, 1.807) is 18.2 Å². The van der Waals surface area contributed by atoms with E-state index >= 15 is 0 Å². The van der Waals surface area contributed by atoms with Crippen LogP contribution < -0.4 is 0 Å². The first-order chi connectivity index (χ1) is 6.65. The molecule has 1 nitrogen and oxygen atoms in total. The van der Waals surface area contributed by atoms with E-state index < -0.39 is 0 Å². The molecule has 14 heavy (non-hydrogen) atoms. The summed E-state index contributed by atoms with van der Waals surface area (Å²) < 4.78 is 13.3. The summed E-state index contributed by atoms with van der Waals surface area (Å²) in [6.45, 7) is 4.05. The minimum absolute atomic E-state index is 0.287. The molecule has 0 aliphatic heterocycles. The molecule has 1 aromatic rings. The van der Waals surface area contributed by atoms with Crippen LogP contribution in [-0.4, -0.2) is 6.29 Å². The average Bonchev–Trinajstić information content (AvgIpc) is 2.15. The van der Waals surface area contributed by atoms with Crippen LogP contribution in [-0.2, 0) is 4.79 Å². The highest BCUT2D eigenvalue weighted by Gasteiger charge is 2.15. The zero-order valence-electron chi connectivity index (χ0n) is 8.53. The van der Waals surface area contributed by atoms with E-state index in [1.807, 2.05) is 13.8 Å². The van der Waals surface area contributed by atoms with Crippen LogP contribution >= 0.6 is 0 Å². The number of aldehydes is 1. The van der Waals surface area contributed by atoms with Crippen LogP contribution in [0, 0.1) is 11.7 Å². The minimum atomic E-state index is -0.309. The van der Waals surface area contributed by atoms with Gasteiger partial charge in [0.15, 0.2) is 0 Å². The van der Waals surface area contributed by atoms with Gasteiger partial charge in [0.25, 0.3) is 0 Å². The molecule has 2 heteroatoms. The van der Waals surface area contributed by atoms with Crippen molar-refractivity contribution in [1.29, 1.82) is 0 Å². The van der Waals surface area contributed by atoms with Gasteiger partial charge >= 0.3 is 0 Å². The lowest BCUT2D eigenvalue weighted by molar-refractivity contribution is -0.109. The molecule has 1 atom stereocenters. The van der Waals surface area contributed by atoms with Gasteiger partial charge in [-0.1, -0.05) is 32.0 Å². The minimum Gasteiger partial charge on any atom is -0.303 e. The molecule has 0 saturated heterocycles. The van der Waals surface area contributed by atoms with E-state index in [4.69, 9.17) is 0 Å². The Labute approximate surface area is 83.9 Å². The summed E-state index contributed by atoms with van der Waals surface area (Å²) in [5.74, 6) is -0.203. The van der Waals surface area contributed by atoms with Crippen LogP contribution in [0.15, 0.2) is 24.3 Å². The fourth-order valence-electron chi connectivity index (χ4n) is 1.54. The Morgan fingerprint density at radius 2 is 2.00 bits per heavy atom. The van der Waals surface area contributed by atoms with Gasteiger partial charge in [-0.25, -0.2) is 4.39 Å². The predicted molar refractivity (Wildman–Crippen MR) is 54.7 cm³/mol. The summed E-state index contributed by atoms with van der Waals surface area (Å²) in [5.41, 5.74) is 0.510. The number of halogens is 1. The third-order valence-electron chi connectivity index (χ3n) is 2.19.